The first kappa shape index (κ1) is 21.2. The van der Waals surface area contributed by atoms with Crippen LogP contribution in [-0.2, 0) is 4.79 Å². The van der Waals surface area contributed by atoms with Crippen LogP contribution in [0.15, 0.2) is 42.5 Å². The number of methoxy groups -OCH3 is 2. The topological polar surface area (TPSA) is 108 Å². The van der Waals surface area contributed by atoms with Crippen LogP contribution >= 0.6 is 0 Å². The van der Waals surface area contributed by atoms with Crippen LogP contribution in [0, 0.1) is 0 Å². The number of ether oxygens (including phenoxy) is 3. The number of primary amides is 1. The number of hydrogen-bond donors (Lipinski definition) is 1. The fourth-order valence-corrected chi connectivity index (χ4v) is 3.46. The van der Waals surface area contributed by atoms with E-state index in [0.717, 1.165) is 6.42 Å². The minimum atomic E-state index is -0.617. The Morgan fingerprint density at radius 2 is 1.70 bits per heavy atom. The summed E-state index contributed by atoms with van der Waals surface area (Å²) in [6.45, 7) is 0.196. The highest BCUT2D eigenvalue weighted by Gasteiger charge is 2.35. The van der Waals surface area contributed by atoms with E-state index in [9.17, 15) is 14.4 Å². The number of benzene rings is 2. The fraction of sp³-hybridized carbons (Fsp3) is 0.318. The Balaban J connectivity index is 1.79. The standard InChI is InChI=1S/C22H24N2O6/c1-28-16-8-5-14(6-9-16)21(26)17-4-3-11-24(17)22(27)15-7-10-18(19(12-15)29-2)30-13-20(23)25/h5-10,12,17H,3-4,11,13H2,1-2H3,(H2,23,25). The van der Waals surface area contributed by atoms with Gasteiger partial charge in [-0.25, -0.2) is 0 Å². The van der Waals surface area contributed by atoms with E-state index in [0.29, 0.717) is 41.3 Å². The van der Waals surface area contributed by atoms with Crippen molar-refractivity contribution in [2.24, 2.45) is 5.73 Å². The van der Waals surface area contributed by atoms with Gasteiger partial charge in [0.2, 0.25) is 0 Å². The van der Waals surface area contributed by atoms with E-state index in [2.05, 4.69) is 0 Å². The largest absolute Gasteiger partial charge is 0.497 e. The van der Waals surface area contributed by atoms with Gasteiger partial charge < -0.3 is 24.8 Å². The first-order valence-electron chi connectivity index (χ1n) is 9.53. The van der Waals surface area contributed by atoms with Gasteiger partial charge >= 0.3 is 0 Å². The van der Waals surface area contributed by atoms with Crippen LogP contribution in [0.1, 0.15) is 33.6 Å². The Labute approximate surface area is 174 Å². The van der Waals surface area contributed by atoms with Gasteiger partial charge in [0.15, 0.2) is 23.9 Å². The normalized spacial score (nSPS) is 15.5. The van der Waals surface area contributed by atoms with Crippen molar-refractivity contribution in [1.29, 1.82) is 0 Å². The third-order valence-electron chi connectivity index (χ3n) is 4.97. The Morgan fingerprint density at radius 3 is 2.33 bits per heavy atom. The molecule has 1 fully saturated rings. The highest BCUT2D eigenvalue weighted by Crippen LogP contribution is 2.30. The molecule has 158 valence electrons. The monoisotopic (exact) mass is 412 g/mol. The van der Waals surface area contributed by atoms with Crippen LogP contribution in [0.4, 0.5) is 0 Å². The van der Waals surface area contributed by atoms with Crippen molar-refractivity contribution in [2.45, 2.75) is 18.9 Å². The zero-order valence-corrected chi connectivity index (χ0v) is 16.9. The van der Waals surface area contributed by atoms with Gasteiger partial charge in [0.1, 0.15) is 5.75 Å². The Morgan fingerprint density at radius 1 is 1.00 bits per heavy atom. The predicted molar refractivity (Wildman–Crippen MR) is 109 cm³/mol. The lowest BCUT2D eigenvalue weighted by Gasteiger charge is -2.24. The quantitative estimate of drug-likeness (QED) is 0.665. The molecular formula is C22H24N2O6. The molecule has 0 saturated carbocycles. The van der Waals surface area contributed by atoms with Crippen molar-refractivity contribution in [2.75, 3.05) is 27.4 Å². The minimum Gasteiger partial charge on any atom is -0.497 e. The number of carbonyl (C=O) groups excluding carboxylic acids is 3. The Bertz CT molecular complexity index is 941. The summed E-state index contributed by atoms with van der Waals surface area (Å²) in [5.41, 5.74) is 6.00. The fourth-order valence-electron chi connectivity index (χ4n) is 3.46. The number of rotatable bonds is 8. The first-order valence-corrected chi connectivity index (χ1v) is 9.53. The van der Waals surface area contributed by atoms with Crippen LogP contribution in [0.2, 0.25) is 0 Å². The van der Waals surface area contributed by atoms with Gasteiger partial charge in [-0.05, 0) is 55.3 Å². The minimum absolute atomic E-state index is 0.100. The molecule has 1 unspecified atom stereocenters. The summed E-state index contributed by atoms with van der Waals surface area (Å²) in [5.74, 6) is 0.293. The van der Waals surface area contributed by atoms with Crippen molar-refractivity contribution < 1.29 is 28.6 Å². The van der Waals surface area contributed by atoms with E-state index in [1.807, 2.05) is 0 Å². The first-order chi connectivity index (χ1) is 14.4. The smallest absolute Gasteiger partial charge is 0.255 e. The Hall–Kier alpha value is -3.55. The predicted octanol–water partition coefficient (Wildman–Crippen LogP) is 2.06. The van der Waals surface area contributed by atoms with Crippen molar-refractivity contribution in [3.8, 4) is 17.2 Å². The number of carbonyl (C=O) groups is 3. The van der Waals surface area contributed by atoms with Gasteiger partial charge in [-0.15, -0.1) is 0 Å². The summed E-state index contributed by atoms with van der Waals surface area (Å²) in [5, 5.41) is 0. The summed E-state index contributed by atoms with van der Waals surface area (Å²) in [7, 11) is 3.00. The molecule has 2 amide bonds. The molecule has 2 aromatic rings. The van der Waals surface area contributed by atoms with Crippen LogP contribution in [-0.4, -0.2) is 55.9 Å². The van der Waals surface area contributed by atoms with Crippen LogP contribution < -0.4 is 19.9 Å². The van der Waals surface area contributed by atoms with Gasteiger partial charge in [-0.1, -0.05) is 0 Å². The molecule has 0 aromatic heterocycles. The second kappa shape index (κ2) is 9.30. The second-order valence-corrected chi connectivity index (χ2v) is 6.87. The molecule has 30 heavy (non-hydrogen) atoms. The van der Waals surface area contributed by atoms with E-state index >= 15 is 0 Å². The maximum Gasteiger partial charge on any atom is 0.255 e. The molecule has 3 rings (SSSR count). The molecule has 1 aliphatic rings. The molecule has 1 atom stereocenters. The molecule has 0 spiro atoms. The molecule has 8 heteroatoms. The molecule has 1 saturated heterocycles. The molecule has 0 aliphatic carbocycles. The van der Waals surface area contributed by atoms with Gasteiger partial charge in [0.05, 0.1) is 20.3 Å². The second-order valence-electron chi connectivity index (χ2n) is 6.87. The van der Waals surface area contributed by atoms with Crippen LogP contribution in [0.25, 0.3) is 0 Å². The molecule has 1 aliphatic heterocycles. The third kappa shape index (κ3) is 4.53. The Kier molecular flexibility index (Phi) is 6.56. The molecule has 0 radical (unpaired) electrons. The summed E-state index contributed by atoms with van der Waals surface area (Å²) in [6.07, 6.45) is 1.35. The summed E-state index contributed by atoms with van der Waals surface area (Å²) >= 11 is 0. The number of amides is 2. The number of Topliss-reactive ketones (excluding diaryl/α,β-unsaturated/α-hetero) is 1. The lowest BCUT2D eigenvalue weighted by atomic mass is 10.0. The zero-order chi connectivity index (χ0) is 21.7. The van der Waals surface area contributed by atoms with Crippen LogP contribution in [0.3, 0.4) is 0 Å². The van der Waals surface area contributed by atoms with E-state index in [-0.39, 0.29) is 18.3 Å². The van der Waals surface area contributed by atoms with Gasteiger partial charge in [-0.3, -0.25) is 14.4 Å². The van der Waals surface area contributed by atoms with Crippen LogP contribution in [0.5, 0.6) is 17.2 Å². The average molecular weight is 412 g/mol. The van der Waals surface area contributed by atoms with E-state index in [1.165, 1.54) is 13.2 Å². The van der Waals surface area contributed by atoms with E-state index in [4.69, 9.17) is 19.9 Å². The lowest BCUT2D eigenvalue weighted by Crippen LogP contribution is -2.40. The maximum absolute atomic E-state index is 13.1. The highest BCUT2D eigenvalue weighted by molar-refractivity contribution is 6.04. The molecule has 0 bridgehead atoms. The molecule has 1 heterocycles. The maximum atomic E-state index is 13.1. The summed E-state index contributed by atoms with van der Waals surface area (Å²) in [4.78, 5) is 38.6. The van der Waals surface area contributed by atoms with E-state index < -0.39 is 11.9 Å². The summed E-state index contributed by atoms with van der Waals surface area (Å²) < 4.78 is 15.7. The summed E-state index contributed by atoms with van der Waals surface area (Å²) in [6, 6.07) is 11.0. The molecule has 8 nitrogen and oxygen atoms in total. The van der Waals surface area contributed by atoms with Gasteiger partial charge in [0.25, 0.3) is 11.8 Å². The van der Waals surface area contributed by atoms with E-state index in [1.54, 1.807) is 48.4 Å². The van der Waals surface area contributed by atoms with Gasteiger partial charge in [-0.2, -0.15) is 0 Å². The van der Waals surface area contributed by atoms with Gasteiger partial charge in [0, 0.05) is 17.7 Å². The number of nitrogens with two attached hydrogens (primary N) is 1. The molecule has 2 aromatic carbocycles. The SMILES string of the molecule is COc1ccc(C(=O)C2CCCN2C(=O)c2ccc(OCC(N)=O)c(OC)c2)cc1. The van der Waals surface area contributed by atoms with Crippen molar-refractivity contribution in [3.05, 3.63) is 53.6 Å². The number of likely N-dealkylation sites (tertiary alicyclic amines) is 1. The number of nitrogens with zero attached hydrogens (tertiary/aromatic N) is 1. The number of hydrogen-bond acceptors (Lipinski definition) is 6. The lowest BCUT2D eigenvalue weighted by molar-refractivity contribution is -0.119. The third-order valence-corrected chi connectivity index (χ3v) is 4.97. The van der Waals surface area contributed by atoms with Crippen molar-refractivity contribution >= 4 is 17.6 Å². The number of ketones is 1. The molecule has 2 N–H and O–H groups in total. The molecular weight excluding hydrogens is 388 g/mol. The average Bonchev–Trinajstić information content (AvgIpc) is 3.26. The zero-order valence-electron chi connectivity index (χ0n) is 16.9. The van der Waals surface area contributed by atoms with Crippen molar-refractivity contribution in [3.63, 3.8) is 0 Å². The van der Waals surface area contributed by atoms with Crippen molar-refractivity contribution in [1.82, 2.24) is 4.90 Å². The highest BCUT2D eigenvalue weighted by atomic mass is 16.5.